The Balaban J connectivity index is 1.76. The van der Waals surface area contributed by atoms with Crippen LogP contribution in [0.4, 0.5) is 5.82 Å². The first-order chi connectivity index (χ1) is 9.65. The van der Waals surface area contributed by atoms with Crippen LogP contribution in [-0.4, -0.2) is 57.1 Å². The summed E-state index contributed by atoms with van der Waals surface area (Å²) in [7, 11) is 2.00. The Kier molecular flexibility index (Phi) is 3.25. The number of carbonyl (C=O) groups is 1. The third kappa shape index (κ3) is 2.31. The van der Waals surface area contributed by atoms with E-state index in [4.69, 9.17) is 0 Å². The fourth-order valence-corrected chi connectivity index (χ4v) is 2.51. The summed E-state index contributed by atoms with van der Waals surface area (Å²) < 4.78 is 1.72. The average molecular weight is 274 g/mol. The fourth-order valence-electron chi connectivity index (χ4n) is 2.51. The monoisotopic (exact) mass is 274 g/mol. The van der Waals surface area contributed by atoms with Gasteiger partial charge in [0.15, 0.2) is 0 Å². The highest BCUT2D eigenvalue weighted by molar-refractivity contribution is 5.78. The van der Waals surface area contributed by atoms with Crippen molar-refractivity contribution < 1.29 is 4.79 Å². The Hall–Kier alpha value is -2.18. The molecule has 3 rings (SSSR count). The summed E-state index contributed by atoms with van der Waals surface area (Å²) in [5.41, 5.74) is 0.907. The lowest BCUT2D eigenvalue weighted by Crippen LogP contribution is -2.34. The molecule has 1 amide bonds. The van der Waals surface area contributed by atoms with Gasteiger partial charge in [0, 0.05) is 44.9 Å². The number of hydrogen-bond donors (Lipinski definition) is 0. The van der Waals surface area contributed by atoms with Gasteiger partial charge in [0.2, 0.25) is 5.91 Å². The maximum atomic E-state index is 11.6. The lowest BCUT2D eigenvalue weighted by molar-refractivity contribution is -0.127. The number of aryl methyl sites for hydroxylation is 1. The Labute approximate surface area is 117 Å². The highest BCUT2D eigenvalue weighted by Crippen LogP contribution is 2.15. The quantitative estimate of drug-likeness (QED) is 0.812. The molecule has 0 bridgehead atoms. The molecule has 7 nitrogen and oxygen atoms in total. The number of carbonyl (C=O) groups excluding carboxylic acids is 1. The number of likely N-dealkylation sites (N-methyl/N-ethyl adjacent to an activating group) is 1. The summed E-state index contributed by atoms with van der Waals surface area (Å²) in [6, 6.07) is 1.98. The van der Waals surface area contributed by atoms with Gasteiger partial charge >= 0.3 is 0 Å². The summed E-state index contributed by atoms with van der Waals surface area (Å²) in [5, 5.41) is 4.20. The number of likely N-dealkylation sites (tertiary alicyclic amines) is 1. The molecule has 0 saturated carbocycles. The molecule has 0 N–H and O–H groups in total. The van der Waals surface area contributed by atoms with E-state index in [-0.39, 0.29) is 5.91 Å². The zero-order valence-corrected chi connectivity index (χ0v) is 11.8. The van der Waals surface area contributed by atoms with Gasteiger partial charge in [-0.15, -0.1) is 0 Å². The van der Waals surface area contributed by atoms with Crippen molar-refractivity contribution in [1.29, 1.82) is 0 Å². The normalized spacial score (nSPS) is 15.3. The molecule has 2 aromatic heterocycles. The topological polar surface area (TPSA) is 66.6 Å². The van der Waals surface area contributed by atoms with Crippen molar-refractivity contribution in [2.24, 2.45) is 0 Å². The third-order valence-corrected chi connectivity index (χ3v) is 3.63. The van der Waals surface area contributed by atoms with Crippen molar-refractivity contribution in [3.8, 4) is 0 Å². The molecular weight excluding hydrogens is 256 g/mol. The molecule has 1 aliphatic rings. The average Bonchev–Trinajstić information content (AvgIpc) is 3.03. The molecule has 1 aliphatic heterocycles. The first-order valence-electron chi connectivity index (χ1n) is 6.81. The van der Waals surface area contributed by atoms with Gasteiger partial charge in [-0.2, -0.15) is 14.6 Å². The van der Waals surface area contributed by atoms with E-state index < -0.39 is 0 Å². The van der Waals surface area contributed by atoms with Crippen LogP contribution < -0.4 is 4.90 Å². The van der Waals surface area contributed by atoms with Crippen LogP contribution >= 0.6 is 0 Å². The van der Waals surface area contributed by atoms with Crippen molar-refractivity contribution in [1.82, 2.24) is 24.5 Å². The van der Waals surface area contributed by atoms with Gasteiger partial charge in [-0.3, -0.25) is 4.79 Å². The zero-order valence-electron chi connectivity index (χ0n) is 11.8. The smallest absolute Gasteiger partial charge is 0.254 e. The number of aromatic nitrogens is 4. The van der Waals surface area contributed by atoms with Gasteiger partial charge in [-0.25, -0.2) is 4.98 Å². The molecule has 3 heterocycles. The zero-order chi connectivity index (χ0) is 14.1. The van der Waals surface area contributed by atoms with Crippen molar-refractivity contribution >= 4 is 17.5 Å². The van der Waals surface area contributed by atoms with E-state index in [9.17, 15) is 4.79 Å². The summed E-state index contributed by atoms with van der Waals surface area (Å²) >= 11 is 0. The molecule has 0 unspecified atom stereocenters. The van der Waals surface area contributed by atoms with E-state index in [1.165, 1.54) is 6.33 Å². The van der Waals surface area contributed by atoms with E-state index in [1.807, 2.05) is 24.9 Å². The first kappa shape index (κ1) is 12.8. The van der Waals surface area contributed by atoms with Gasteiger partial charge in [0.05, 0.1) is 0 Å². The molecule has 1 saturated heterocycles. The molecule has 20 heavy (non-hydrogen) atoms. The number of nitrogens with zero attached hydrogens (tertiary/aromatic N) is 6. The molecule has 0 spiro atoms. The van der Waals surface area contributed by atoms with Crippen LogP contribution in [0.3, 0.4) is 0 Å². The predicted molar refractivity (Wildman–Crippen MR) is 74.6 cm³/mol. The summed E-state index contributed by atoms with van der Waals surface area (Å²) in [6.45, 7) is 4.33. The highest BCUT2D eigenvalue weighted by atomic mass is 16.2. The summed E-state index contributed by atoms with van der Waals surface area (Å²) in [4.78, 5) is 24.1. The number of amides is 1. The molecule has 0 atom stereocenters. The number of anilines is 1. The summed E-state index contributed by atoms with van der Waals surface area (Å²) in [6.07, 6.45) is 3.17. The van der Waals surface area contributed by atoms with Crippen molar-refractivity contribution in [3.05, 3.63) is 18.1 Å². The SMILES string of the molecule is Cc1cc(N(C)CCN2CCCC2=O)n2ncnc2n1. The number of hydrogen-bond acceptors (Lipinski definition) is 5. The van der Waals surface area contributed by atoms with Crippen LogP contribution in [0, 0.1) is 6.92 Å². The van der Waals surface area contributed by atoms with E-state index in [0.717, 1.165) is 37.6 Å². The molecule has 0 radical (unpaired) electrons. The Morgan fingerprint density at radius 3 is 3.05 bits per heavy atom. The Bertz CT molecular complexity index is 637. The largest absolute Gasteiger partial charge is 0.358 e. The van der Waals surface area contributed by atoms with E-state index in [2.05, 4.69) is 20.0 Å². The van der Waals surface area contributed by atoms with Gasteiger partial charge in [0.25, 0.3) is 5.78 Å². The minimum atomic E-state index is 0.259. The Morgan fingerprint density at radius 2 is 2.30 bits per heavy atom. The number of rotatable bonds is 4. The van der Waals surface area contributed by atoms with E-state index in [0.29, 0.717) is 12.2 Å². The molecule has 106 valence electrons. The molecule has 7 heteroatoms. The highest BCUT2D eigenvalue weighted by Gasteiger charge is 2.20. The molecule has 0 aliphatic carbocycles. The first-order valence-corrected chi connectivity index (χ1v) is 6.81. The van der Waals surface area contributed by atoms with E-state index >= 15 is 0 Å². The van der Waals surface area contributed by atoms with Crippen LogP contribution in [0.15, 0.2) is 12.4 Å². The lowest BCUT2D eigenvalue weighted by atomic mass is 10.4. The second-order valence-electron chi connectivity index (χ2n) is 5.13. The maximum absolute atomic E-state index is 11.6. The minimum Gasteiger partial charge on any atom is -0.358 e. The van der Waals surface area contributed by atoms with Crippen molar-refractivity contribution in [2.75, 3.05) is 31.6 Å². The van der Waals surface area contributed by atoms with Crippen LogP contribution in [0.2, 0.25) is 0 Å². The van der Waals surface area contributed by atoms with Gasteiger partial charge in [-0.1, -0.05) is 0 Å². The molecule has 1 fully saturated rings. The second kappa shape index (κ2) is 5.07. The van der Waals surface area contributed by atoms with E-state index in [1.54, 1.807) is 4.52 Å². The predicted octanol–water partition coefficient (Wildman–Crippen LogP) is 0.491. The third-order valence-electron chi connectivity index (χ3n) is 3.63. The van der Waals surface area contributed by atoms with Gasteiger partial charge in [-0.05, 0) is 13.3 Å². The van der Waals surface area contributed by atoms with Crippen LogP contribution in [-0.2, 0) is 4.79 Å². The fraction of sp³-hybridized carbons (Fsp3) is 0.538. The Morgan fingerprint density at radius 1 is 1.45 bits per heavy atom. The number of fused-ring (bicyclic) bond motifs is 1. The maximum Gasteiger partial charge on any atom is 0.254 e. The van der Waals surface area contributed by atoms with Crippen LogP contribution in [0.25, 0.3) is 5.78 Å². The standard InChI is InChI=1S/C13H18N6O/c1-10-8-11(19-13(16-10)14-9-15-19)17(2)6-7-18-5-3-4-12(18)20/h8-9H,3-7H2,1-2H3. The van der Waals surface area contributed by atoms with Gasteiger partial charge in [0.1, 0.15) is 12.1 Å². The molecule has 2 aromatic rings. The summed E-state index contributed by atoms with van der Waals surface area (Å²) in [5.74, 6) is 1.80. The van der Waals surface area contributed by atoms with Crippen molar-refractivity contribution in [2.45, 2.75) is 19.8 Å². The van der Waals surface area contributed by atoms with Crippen molar-refractivity contribution in [3.63, 3.8) is 0 Å². The van der Waals surface area contributed by atoms with Crippen LogP contribution in [0.5, 0.6) is 0 Å². The molecule has 0 aromatic carbocycles. The van der Waals surface area contributed by atoms with Gasteiger partial charge < -0.3 is 9.80 Å². The second-order valence-corrected chi connectivity index (χ2v) is 5.13. The lowest BCUT2D eigenvalue weighted by Gasteiger charge is -2.23. The minimum absolute atomic E-state index is 0.259. The van der Waals surface area contributed by atoms with Crippen LogP contribution in [0.1, 0.15) is 18.5 Å². The molecular formula is C13H18N6O.